The highest BCUT2D eigenvalue weighted by Crippen LogP contribution is 2.36. The van der Waals surface area contributed by atoms with E-state index in [2.05, 4.69) is 16.9 Å². The molecule has 0 radical (unpaired) electrons. The number of fused-ring (bicyclic) bond motifs is 2. The first-order valence-electron chi connectivity index (χ1n) is 8.11. The van der Waals surface area contributed by atoms with E-state index in [9.17, 15) is 14.9 Å². The van der Waals surface area contributed by atoms with E-state index in [1.54, 1.807) is 24.4 Å². The molecule has 0 atom stereocenters. The SMILES string of the molecule is C[NH+]1CCN(c2ccc([N+](=O)[O-])c3sc4ncccc4c(=O)c23)CC1. The second-order valence-corrected chi connectivity index (χ2v) is 7.30. The fourth-order valence-corrected chi connectivity index (χ4v) is 4.42. The van der Waals surface area contributed by atoms with Gasteiger partial charge in [0.1, 0.15) is 9.53 Å². The van der Waals surface area contributed by atoms with Crippen molar-refractivity contribution in [2.75, 3.05) is 38.1 Å². The summed E-state index contributed by atoms with van der Waals surface area (Å²) in [7, 11) is 2.14. The first kappa shape index (κ1) is 15.9. The number of piperazine rings is 1. The molecule has 3 aromatic rings. The monoisotopic (exact) mass is 357 g/mol. The summed E-state index contributed by atoms with van der Waals surface area (Å²) in [5.74, 6) is 0. The Morgan fingerprint density at radius 2 is 2.04 bits per heavy atom. The normalized spacial score (nSPS) is 15.8. The number of anilines is 1. The number of pyridine rings is 1. The maximum atomic E-state index is 13.1. The van der Waals surface area contributed by atoms with E-state index >= 15 is 0 Å². The standard InChI is InChI=1S/C17H16N4O3S/c1-19-7-9-20(10-8-19)12-4-5-13(21(23)24)16-14(12)15(22)11-3-2-6-18-17(11)25-16/h2-6H,7-10H2,1H3/p+1. The van der Waals surface area contributed by atoms with Crippen LogP contribution in [0.1, 0.15) is 0 Å². The molecule has 0 spiro atoms. The maximum Gasteiger partial charge on any atom is 0.287 e. The smallest absolute Gasteiger partial charge is 0.287 e. The summed E-state index contributed by atoms with van der Waals surface area (Å²) in [6, 6.07) is 6.68. The van der Waals surface area contributed by atoms with Crippen LogP contribution in [0.2, 0.25) is 0 Å². The molecule has 1 N–H and O–H groups in total. The average Bonchev–Trinajstić information content (AvgIpc) is 2.61. The van der Waals surface area contributed by atoms with Crippen LogP contribution in [-0.4, -0.2) is 43.1 Å². The van der Waals surface area contributed by atoms with Gasteiger partial charge in [0.2, 0.25) is 0 Å². The van der Waals surface area contributed by atoms with Gasteiger partial charge in [-0.25, -0.2) is 4.98 Å². The van der Waals surface area contributed by atoms with Gasteiger partial charge in [0, 0.05) is 12.3 Å². The Morgan fingerprint density at radius 3 is 2.76 bits per heavy atom. The Hall–Kier alpha value is -2.58. The van der Waals surface area contributed by atoms with E-state index < -0.39 is 4.92 Å². The molecule has 1 aliphatic heterocycles. The highest BCUT2D eigenvalue weighted by molar-refractivity contribution is 7.24. The van der Waals surface area contributed by atoms with Gasteiger partial charge in [-0.2, -0.15) is 0 Å². The number of rotatable bonds is 2. The van der Waals surface area contributed by atoms with Crippen molar-refractivity contribution in [3.05, 3.63) is 50.8 Å². The lowest BCUT2D eigenvalue weighted by atomic mass is 10.1. The molecule has 1 saturated heterocycles. The van der Waals surface area contributed by atoms with Gasteiger partial charge in [0.15, 0.2) is 5.43 Å². The summed E-state index contributed by atoms with van der Waals surface area (Å²) >= 11 is 1.21. The van der Waals surface area contributed by atoms with Crippen molar-refractivity contribution < 1.29 is 9.82 Å². The number of likely N-dealkylation sites (N-methyl/N-ethyl adjacent to an activating group) is 1. The molecule has 1 fully saturated rings. The summed E-state index contributed by atoms with van der Waals surface area (Å²) in [5.41, 5.74) is 0.579. The molecule has 2 aromatic heterocycles. The fourth-order valence-electron chi connectivity index (χ4n) is 3.30. The number of nitrogens with one attached hydrogen (secondary N) is 1. The zero-order valence-electron chi connectivity index (χ0n) is 13.7. The Kier molecular flexibility index (Phi) is 3.85. The van der Waals surface area contributed by atoms with Crippen LogP contribution in [0.4, 0.5) is 11.4 Å². The van der Waals surface area contributed by atoms with Gasteiger partial charge in [0.05, 0.1) is 54.6 Å². The summed E-state index contributed by atoms with van der Waals surface area (Å²) in [6.07, 6.45) is 1.60. The van der Waals surface area contributed by atoms with Gasteiger partial charge in [-0.05, 0) is 18.2 Å². The molecule has 0 aliphatic carbocycles. The molecule has 1 aliphatic rings. The molecule has 0 bridgehead atoms. The highest BCUT2D eigenvalue weighted by Gasteiger charge is 2.25. The topological polar surface area (TPSA) is 80.8 Å². The third-order valence-corrected chi connectivity index (χ3v) is 5.85. The van der Waals surface area contributed by atoms with Crippen molar-refractivity contribution in [3.8, 4) is 0 Å². The third-order valence-electron chi connectivity index (χ3n) is 4.71. The number of nitro groups is 1. The van der Waals surface area contributed by atoms with E-state index in [0.29, 0.717) is 20.3 Å². The van der Waals surface area contributed by atoms with Crippen molar-refractivity contribution in [1.82, 2.24) is 4.98 Å². The van der Waals surface area contributed by atoms with Crippen LogP contribution in [0.5, 0.6) is 0 Å². The minimum atomic E-state index is -0.426. The summed E-state index contributed by atoms with van der Waals surface area (Å²) < 4.78 is 0.407. The zero-order chi connectivity index (χ0) is 17.6. The minimum Gasteiger partial charge on any atom is -0.360 e. The molecule has 0 amide bonds. The van der Waals surface area contributed by atoms with E-state index in [0.717, 1.165) is 31.9 Å². The van der Waals surface area contributed by atoms with Crippen LogP contribution in [0.15, 0.2) is 35.3 Å². The number of hydrogen-bond acceptors (Lipinski definition) is 6. The maximum absolute atomic E-state index is 13.1. The fraction of sp³-hybridized carbons (Fsp3) is 0.294. The van der Waals surface area contributed by atoms with E-state index in [4.69, 9.17) is 0 Å². The van der Waals surface area contributed by atoms with Gasteiger partial charge in [-0.15, -0.1) is 11.3 Å². The summed E-state index contributed by atoms with van der Waals surface area (Å²) in [6.45, 7) is 3.61. The van der Waals surface area contributed by atoms with Gasteiger partial charge in [-0.3, -0.25) is 14.9 Å². The minimum absolute atomic E-state index is 0.0341. The number of non-ortho nitro benzene ring substituents is 1. The molecule has 3 heterocycles. The molecule has 128 valence electrons. The van der Waals surface area contributed by atoms with Crippen LogP contribution in [0, 0.1) is 10.1 Å². The first-order chi connectivity index (χ1) is 12.1. The molecular weight excluding hydrogens is 340 g/mol. The van der Waals surface area contributed by atoms with Gasteiger partial charge >= 0.3 is 0 Å². The molecule has 7 nitrogen and oxygen atoms in total. The van der Waals surface area contributed by atoms with Crippen LogP contribution in [-0.2, 0) is 0 Å². The lowest BCUT2D eigenvalue weighted by Gasteiger charge is -2.32. The number of quaternary nitrogens is 1. The molecule has 25 heavy (non-hydrogen) atoms. The zero-order valence-corrected chi connectivity index (χ0v) is 14.5. The largest absolute Gasteiger partial charge is 0.360 e. The molecule has 0 saturated carbocycles. The second-order valence-electron chi connectivity index (χ2n) is 6.30. The van der Waals surface area contributed by atoms with Crippen LogP contribution in [0.3, 0.4) is 0 Å². The Bertz CT molecular complexity index is 1040. The number of hydrogen-bond donors (Lipinski definition) is 1. The predicted molar refractivity (Wildman–Crippen MR) is 98.9 cm³/mol. The Balaban J connectivity index is 2.04. The third kappa shape index (κ3) is 2.63. The summed E-state index contributed by atoms with van der Waals surface area (Å²) in [4.78, 5) is 32.5. The molecular formula is C17H17N4O3S+. The summed E-state index contributed by atoms with van der Waals surface area (Å²) in [5, 5.41) is 12.4. The second kappa shape index (κ2) is 6.05. The first-order valence-corrected chi connectivity index (χ1v) is 8.93. The van der Waals surface area contributed by atoms with E-state index in [1.165, 1.54) is 22.3 Å². The van der Waals surface area contributed by atoms with Crippen molar-refractivity contribution in [3.63, 3.8) is 0 Å². The molecule has 4 rings (SSSR count). The highest BCUT2D eigenvalue weighted by atomic mass is 32.1. The van der Waals surface area contributed by atoms with Crippen LogP contribution >= 0.6 is 11.3 Å². The average molecular weight is 357 g/mol. The van der Waals surface area contributed by atoms with Crippen molar-refractivity contribution >= 4 is 43.0 Å². The number of nitro benzene ring substituents is 1. The van der Waals surface area contributed by atoms with Crippen molar-refractivity contribution in [2.45, 2.75) is 0 Å². The van der Waals surface area contributed by atoms with Crippen molar-refractivity contribution in [1.29, 1.82) is 0 Å². The van der Waals surface area contributed by atoms with E-state index in [1.807, 2.05) is 0 Å². The van der Waals surface area contributed by atoms with Crippen LogP contribution < -0.4 is 15.2 Å². The lowest BCUT2D eigenvalue weighted by molar-refractivity contribution is -0.880. The van der Waals surface area contributed by atoms with Gasteiger partial charge in [0.25, 0.3) is 5.69 Å². The quantitative estimate of drug-likeness (QED) is 0.421. The van der Waals surface area contributed by atoms with Gasteiger partial charge in [-0.1, -0.05) is 0 Å². The molecule has 1 aromatic carbocycles. The lowest BCUT2D eigenvalue weighted by Crippen LogP contribution is -3.12. The number of aromatic nitrogens is 1. The Morgan fingerprint density at radius 1 is 1.28 bits per heavy atom. The van der Waals surface area contributed by atoms with Crippen LogP contribution in [0.25, 0.3) is 20.3 Å². The van der Waals surface area contributed by atoms with Gasteiger partial charge < -0.3 is 9.80 Å². The number of nitrogens with zero attached hydrogens (tertiary/aromatic N) is 3. The Labute approximate surface area is 147 Å². The van der Waals surface area contributed by atoms with Crippen molar-refractivity contribution in [2.24, 2.45) is 0 Å². The molecule has 0 unspecified atom stereocenters. The molecule has 8 heteroatoms. The predicted octanol–water partition coefficient (Wildman–Crippen LogP) is 1.05. The van der Waals surface area contributed by atoms with E-state index in [-0.39, 0.29) is 11.1 Å². The number of benzene rings is 1.